The molecule has 24 heavy (non-hydrogen) atoms. The Morgan fingerprint density at radius 3 is 2.25 bits per heavy atom. The van der Waals surface area contributed by atoms with Crippen LogP contribution in [-0.2, 0) is 0 Å². The minimum atomic E-state index is 0.655. The van der Waals surface area contributed by atoms with Gasteiger partial charge in [0.15, 0.2) is 5.58 Å². The van der Waals surface area contributed by atoms with Crippen molar-refractivity contribution in [1.82, 2.24) is 4.98 Å². The fourth-order valence-corrected chi connectivity index (χ4v) is 3.80. The van der Waals surface area contributed by atoms with Gasteiger partial charge in [-0.2, -0.15) is 0 Å². The molecule has 5 aromatic rings. The van der Waals surface area contributed by atoms with Crippen molar-refractivity contribution in [3.63, 3.8) is 0 Å². The van der Waals surface area contributed by atoms with Crippen molar-refractivity contribution in [3.8, 4) is 11.5 Å². The summed E-state index contributed by atoms with van der Waals surface area (Å²) in [5, 5.41) is 4.67. The van der Waals surface area contributed by atoms with Crippen LogP contribution in [0.4, 0.5) is 0 Å². The third kappa shape index (κ3) is 1.98. The molecule has 0 fully saturated rings. The Morgan fingerprint density at radius 1 is 0.708 bits per heavy atom. The molecule has 0 radical (unpaired) electrons. The maximum Gasteiger partial charge on any atom is 0.227 e. The fourth-order valence-electron chi connectivity index (χ4n) is 3.23. The van der Waals surface area contributed by atoms with Gasteiger partial charge >= 0.3 is 0 Å². The Balaban J connectivity index is 1.89. The molecule has 0 N–H and O–H groups in total. The van der Waals surface area contributed by atoms with E-state index < -0.39 is 0 Å². The van der Waals surface area contributed by atoms with Gasteiger partial charge in [-0.15, -0.1) is 0 Å². The van der Waals surface area contributed by atoms with Crippen LogP contribution in [0.5, 0.6) is 0 Å². The quantitative estimate of drug-likeness (QED) is 0.311. The molecule has 5 rings (SSSR count). The lowest BCUT2D eigenvalue weighted by molar-refractivity contribution is 0.623. The molecule has 1 aromatic heterocycles. The number of hydrogen-bond acceptors (Lipinski definition) is 2. The summed E-state index contributed by atoms with van der Waals surface area (Å²) in [4.78, 5) is 4.66. The molecule has 114 valence electrons. The summed E-state index contributed by atoms with van der Waals surface area (Å²) in [5.74, 6) is 0.655. The van der Waals surface area contributed by atoms with Crippen LogP contribution < -0.4 is 0 Å². The number of rotatable bonds is 1. The van der Waals surface area contributed by atoms with Crippen molar-refractivity contribution in [1.29, 1.82) is 0 Å². The van der Waals surface area contributed by atoms with Crippen molar-refractivity contribution < 1.29 is 4.42 Å². The zero-order chi connectivity index (χ0) is 16.1. The highest BCUT2D eigenvalue weighted by Gasteiger charge is 2.13. The zero-order valence-electron chi connectivity index (χ0n) is 12.7. The highest BCUT2D eigenvalue weighted by molar-refractivity contribution is 9.10. The molecule has 0 bridgehead atoms. The van der Waals surface area contributed by atoms with Crippen molar-refractivity contribution in [2.75, 3.05) is 0 Å². The lowest BCUT2D eigenvalue weighted by Gasteiger charge is -2.06. The van der Waals surface area contributed by atoms with E-state index in [1.165, 1.54) is 16.2 Å². The summed E-state index contributed by atoms with van der Waals surface area (Å²) in [6, 6.07) is 24.7. The molecule has 0 aliphatic carbocycles. The summed E-state index contributed by atoms with van der Waals surface area (Å²) in [6.45, 7) is 0. The number of aromatic nitrogens is 1. The van der Waals surface area contributed by atoms with Crippen LogP contribution in [-0.4, -0.2) is 4.98 Å². The van der Waals surface area contributed by atoms with Gasteiger partial charge in [-0.1, -0.05) is 64.5 Å². The van der Waals surface area contributed by atoms with Crippen molar-refractivity contribution in [3.05, 3.63) is 77.3 Å². The number of fused-ring (bicyclic) bond motifs is 5. The number of halogens is 1. The van der Waals surface area contributed by atoms with Crippen LogP contribution in [0.1, 0.15) is 0 Å². The minimum Gasteiger partial charge on any atom is -0.435 e. The van der Waals surface area contributed by atoms with Crippen LogP contribution in [0, 0.1) is 0 Å². The lowest BCUT2D eigenvalue weighted by Crippen LogP contribution is -1.80. The van der Waals surface area contributed by atoms with Crippen molar-refractivity contribution >= 4 is 48.6 Å². The van der Waals surface area contributed by atoms with Gasteiger partial charge in [0.1, 0.15) is 5.52 Å². The monoisotopic (exact) mass is 373 g/mol. The average Bonchev–Trinajstić information content (AvgIpc) is 3.08. The SMILES string of the molecule is Brc1cc2c(ccc3nc(-c4ccccc4)oc32)c2ccccc12. The third-order valence-electron chi connectivity index (χ3n) is 4.36. The van der Waals surface area contributed by atoms with Gasteiger partial charge in [0.05, 0.1) is 0 Å². The first-order valence-electron chi connectivity index (χ1n) is 7.77. The van der Waals surface area contributed by atoms with Crippen LogP contribution in [0.15, 0.2) is 81.7 Å². The van der Waals surface area contributed by atoms with E-state index in [0.29, 0.717) is 5.89 Å². The van der Waals surface area contributed by atoms with Crippen LogP contribution in [0.2, 0.25) is 0 Å². The first kappa shape index (κ1) is 13.8. The Bertz CT molecular complexity index is 1210. The molecule has 2 nitrogen and oxygen atoms in total. The van der Waals surface area contributed by atoms with Crippen molar-refractivity contribution in [2.45, 2.75) is 0 Å². The molecule has 0 aliphatic heterocycles. The largest absolute Gasteiger partial charge is 0.435 e. The molecule has 0 amide bonds. The topological polar surface area (TPSA) is 26.0 Å². The predicted octanol–water partition coefficient (Wildman–Crippen LogP) is 6.56. The maximum absolute atomic E-state index is 6.14. The molecule has 0 aliphatic rings. The Morgan fingerprint density at radius 2 is 1.42 bits per heavy atom. The summed E-state index contributed by atoms with van der Waals surface area (Å²) in [7, 11) is 0. The van der Waals surface area contributed by atoms with E-state index in [1.54, 1.807) is 0 Å². The third-order valence-corrected chi connectivity index (χ3v) is 5.02. The van der Waals surface area contributed by atoms with Gasteiger partial charge in [0.2, 0.25) is 5.89 Å². The standard InChI is InChI=1S/C21H12BrNO/c22-18-12-17-15(14-8-4-5-9-16(14)18)10-11-19-20(17)24-21(23-19)13-6-2-1-3-7-13/h1-12H. The van der Waals surface area contributed by atoms with E-state index in [1.807, 2.05) is 36.4 Å². The van der Waals surface area contributed by atoms with E-state index in [4.69, 9.17) is 4.42 Å². The molecule has 1 heterocycles. The highest BCUT2D eigenvalue weighted by atomic mass is 79.9. The second-order valence-electron chi connectivity index (χ2n) is 5.80. The Labute approximate surface area is 146 Å². The smallest absolute Gasteiger partial charge is 0.227 e. The highest BCUT2D eigenvalue weighted by Crippen LogP contribution is 2.37. The van der Waals surface area contributed by atoms with Gasteiger partial charge in [-0.05, 0) is 40.4 Å². The van der Waals surface area contributed by atoms with Gasteiger partial charge in [-0.3, -0.25) is 0 Å². The van der Waals surface area contributed by atoms with Crippen molar-refractivity contribution in [2.24, 2.45) is 0 Å². The molecule has 0 atom stereocenters. The van der Waals surface area contributed by atoms with Gasteiger partial charge < -0.3 is 4.42 Å². The number of hydrogen-bond donors (Lipinski definition) is 0. The second-order valence-corrected chi connectivity index (χ2v) is 6.65. The van der Waals surface area contributed by atoms with Gasteiger partial charge in [0, 0.05) is 15.4 Å². The van der Waals surface area contributed by atoms with Crippen LogP contribution >= 0.6 is 15.9 Å². The zero-order valence-corrected chi connectivity index (χ0v) is 14.2. The van der Waals surface area contributed by atoms with E-state index in [0.717, 1.165) is 26.5 Å². The van der Waals surface area contributed by atoms with Crippen LogP contribution in [0.3, 0.4) is 0 Å². The fraction of sp³-hybridized carbons (Fsp3) is 0. The molecule has 4 aromatic carbocycles. The Kier molecular flexibility index (Phi) is 2.97. The maximum atomic E-state index is 6.14. The number of benzene rings is 4. The molecule has 3 heteroatoms. The molecule has 0 spiro atoms. The van der Waals surface area contributed by atoms with Crippen LogP contribution in [0.25, 0.3) is 44.1 Å². The molecular weight excluding hydrogens is 362 g/mol. The first-order valence-corrected chi connectivity index (χ1v) is 8.56. The minimum absolute atomic E-state index is 0.655. The summed E-state index contributed by atoms with van der Waals surface area (Å²) < 4.78 is 7.20. The summed E-state index contributed by atoms with van der Waals surface area (Å²) >= 11 is 3.69. The Hall–Kier alpha value is -2.65. The molecule has 0 saturated heterocycles. The number of oxazole rings is 1. The second kappa shape index (κ2) is 5.18. The number of nitrogens with zero attached hydrogens (tertiary/aromatic N) is 1. The van der Waals surface area contributed by atoms with E-state index in [9.17, 15) is 0 Å². The summed E-state index contributed by atoms with van der Waals surface area (Å²) in [5.41, 5.74) is 2.70. The lowest BCUT2D eigenvalue weighted by atomic mass is 10.0. The predicted molar refractivity (Wildman–Crippen MR) is 102 cm³/mol. The normalized spacial score (nSPS) is 11.5. The summed E-state index contributed by atoms with van der Waals surface area (Å²) in [6.07, 6.45) is 0. The first-order chi connectivity index (χ1) is 11.8. The van der Waals surface area contributed by atoms with Gasteiger partial charge in [0.25, 0.3) is 0 Å². The average molecular weight is 374 g/mol. The van der Waals surface area contributed by atoms with E-state index in [2.05, 4.69) is 57.3 Å². The molecule has 0 unspecified atom stereocenters. The molecule has 0 saturated carbocycles. The van der Waals surface area contributed by atoms with Gasteiger partial charge in [-0.25, -0.2) is 4.98 Å². The molecular formula is C21H12BrNO. The van der Waals surface area contributed by atoms with E-state index >= 15 is 0 Å². The van der Waals surface area contributed by atoms with E-state index in [-0.39, 0.29) is 0 Å².